The second-order valence-electron chi connectivity index (χ2n) is 5.92. The average molecular weight is 352 g/mol. The van der Waals surface area contributed by atoms with Gasteiger partial charge in [-0.1, -0.05) is 12.1 Å². The van der Waals surface area contributed by atoms with E-state index in [2.05, 4.69) is 10.6 Å². The monoisotopic (exact) mass is 352 g/mol. The summed E-state index contributed by atoms with van der Waals surface area (Å²) in [6.45, 7) is 1.84. The second kappa shape index (κ2) is 7.31. The molecule has 0 bridgehead atoms. The van der Waals surface area contributed by atoms with Gasteiger partial charge in [0, 0.05) is 23.7 Å². The third-order valence-corrected chi connectivity index (χ3v) is 4.20. The van der Waals surface area contributed by atoms with Crippen LogP contribution >= 0.6 is 0 Å². The van der Waals surface area contributed by atoms with E-state index in [1.165, 1.54) is 0 Å². The van der Waals surface area contributed by atoms with Gasteiger partial charge in [0.25, 0.3) is 5.91 Å². The molecule has 3 aromatic rings. The van der Waals surface area contributed by atoms with E-state index in [4.69, 9.17) is 9.15 Å². The maximum Gasteiger partial charge on any atom is 0.291 e. The Morgan fingerprint density at radius 1 is 1.12 bits per heavy atom. The smallest absolute Gasteiger partial charge is 0.291 e. The molecular formula is C20H20N2O4. The molecule has 2 aromatic carbocycles. The van der Waals surface area contributed by atoms with E-state index in [1.54, 1.807) is 50.6 Å². The highest BCUT2D eigenvalue weighted by molar-refractivity contribution is 6.06. The van der Waals surface area contributed by atoms with E-state index in [9.17, 15) is 9.59 Å². The number of fused-ring (bicyclic) bond motifs is 1. The molecule has 6 nitrogen and oxygen atoms in total. The topological polar surface area (TPSA) is 80.6 Å². The van der Waals surface area contributed by atoms with Crippen molar-refractivity contribution in [2.45, 2.75) is 13.3 Å². The third-order valence-electron chi connectivity index (χ3n) is 4.20. The van der Waals surface area contributed by atoms with Crippen molar-refractivity contribution >= 4 is 28.5 Å². The third kappa shape index (κ3) is 3.54. The Kier molecular flexibility index (Phi) is 4.93. The highest BCUT2D eigenvalue weighted by Crippen LogP contribution is 2.29. The van der Waals surface area contributed by atoms with Gasteiger partial charge in [0.15, 0.2) is 5.76 Å². The summed E-state index contributed by atoms with van der Waals surface area (Å²) in [5.74, 6) is 0.592. The average Bonchev–Trinajstić information content (AvgIpc) is 2.99. The lowest BCUT2D eigenvalue weighted by atomic mass is 10.1. The van der Waals surface area contributed by atoms with Crippen molar-refractivity contribution in [3.8, 4) is 5.75 Å². The van der Waals surface area contributed by atoms with Gasteiger partial charge in [0.2, 0.25) is 5.91 Å². The molecule has 26 heavy (non-hydrogen) atoms. The predicted molar refractivity (Wildman–Crippen MR) is 99.7 cm³/mol. The number of amides is 2. The summed E-state index contributed by atoms with van der Waals surface area (Å²) in [5.41, 5.74) is 2.89. The van der Waals surface area contributed by atoms with Crippen LogP contribution in [0.5, 0.6) is 5.75 Å². The largest absolute Gasteiger partial charge is 0.497 e. The molecule has 0 aliphatic rings. The van der Waals surface area contributed by atoms with Crippen molar-refractivity contribution in [2.24, 2.45) is 0 Å². The van der Waals surface area contributed by atoms with E-state index in [1.807, 2.05) is 13.0 Å². The standard InChI is InChI=1S/C20H20N2O4/c1-12-16-11-15(25-3)8-9-17(16)26-19(12)20(24)22-14-6-4-13(5-7-14)10-18(23)21-2/h4-9,11H,10H2,1-3H3,(H,21,23)(H,22,24). The van der Waals surface area contributed by atoms with E-state index < -0.39 is 0 Å². The number of benzene rings is 2. The molecule has 3 rings (SSSR count). The molecule has 1 aromatic heterocycles. The van der Waals surface area contributed by atoms with Gasteiger partial charge in [-0.05, 0) is 42.8 Å². The number of carbonyl (C=O) groups excluding carboxylic acids is 2. The highest BCUT2D eigenvalue weighted by Gasteiger charge is 2.18. The summed E-state index contributed by atoms with van der Waals surface area (Å²) in [7, 11) is 3.19. The maximum atomic E-state index is 12.6. The first kappa shape index (κ1) is 17.5. The molecule has 2 N–H and O–H groups in total. The van der Waals surface area contributed by atoms with Gasteiger partial charge < -0.3 is 19.8 Å². The number of methoxy groups -OCH3 is 1. The van der Waals surface area contributed by atoms with Crippen molar-refractivity contribution in [1.29, 1.82) is 0 Å². The predicted octanol–water partition coefficient (Wildman–Crippen LogP) is 3.29. The van der Waals surface area contributed by atoms with Crippen molar-refractivity contribution < 1.29 is 18.7 Å². The molecule has 0 saturated heterocycles. The van der Waals surface area contributed by atoms with Gasteiger partial charge in [0.05, 0.1) is 13.5 Å². The van der Waals surface area contributed by atoms with Crippen LogP contribution in [-0.2, 0) is 11.2 Å². The first-order chi connectivity index (χ1) is 12.5. The van der Waals surface area contributed by atoms with Crippen LogP contribution in [0.15, 0.2) is 46.9 Å². The first-order valence-corrected chi connectivity index (χ1v) is 8.20. The molecule has 6 heteroatoms. The molecule has 0 unspecified atom stereocenters. The second-order valence-corrected chi connectivity index (χ2v) is 5.92. The number of rotatable bonds is 5. The van der Waals surface area contributed by atoms with Crippen LogP contribution < -0.4 is 15.4 Å². The van der Waals surface area contributed by atoms with Crippen LogP contribution in [0.4, 0.5) is 5.69 Å². The number of carbonyl (C=O) groups is 2. The van der Waals surface area contributed by atoms with Crippen molar-refractivity contribution in [3.05, 3.63) is 59.4 Å². The number of anilines is 1. The first-order valence-electron chi connectivity index (χ1n) is 8.20. The molecule has 0 aliphatic heterocycles. The Hall–Kier alpha value is -3.28. The number of hydrogen-bond donors (Lipinski definition) is 2. The van der Waals surface area contributed by atoms with Crippen molar-refractivity contribution in [3.63, 3.8) is 0 Å². The normalized spacial score (nSPS) is 10.6. The fourth-order valence-electron chi connectivity index (χ4n) is 2.71. The van der Waals surface area contributed by atoms with Crippen LogP contribution in [0, 0.1) is 6.92 Å². The lowest BCUT2D eigenvalue weighted by molar-refractivity contribution is -0.119. The zero-order valence-electron chi connectivity index (χ0n) is 14.9. The zero-order chi connectivity index (χ0) is 18.7. The molecule has 0 radical (unpaired) electrons. The SMILES string of the molecule is CNC(=O)Cc1ccc(NC(=O)c2oc3ccc(OC)cc3c2C)cc1. The fourth-order valence-corrected chi connectivity index (χ4v) is 2.71. The van der Waals surface area contributed by atoms with Gasteiger partial charge in [-0.25, -0.2) is 0 Å². The lowest BCUT2D eigenvalue weighted by Gasteiger charge is -2.05. The Morgan fingerprint density at radius 2 is 1.85 bits per heavy atom. The minimum absolute atomic E-state index is 0.0601. The van der Waals surface area contributed by atoms with Gasteiger partial charge in [-0.2, -0.15) is 0 Å². The van der Waals surface area contributed by atoms with E-state index >= 15 is 0 Å². The summed E-state index contributed by atoms with van der Waals surface area (Å²) in [6, 6.07) is 12.6. The van der Waals surface area contributed by atoms with Crippen molar-refractivity contribution in [1.82, 2.24) is 5.32 Å². The number of aryl methyl sites for hydroxylation is 1. The minimum Gasteiger partial charge on any atom is -0.497 e. The summed E-state index contributed by atoms with van der Waals surface area (Å²) in [5, 5.41) is 6.24. The van der Waals surface area contributed by atoms with Gasteiger partial charge >= 0.3 is 0 Å². The van der Waals surface area contributed by atoms with Crippen LogP contribution in [0.2, 0.25) is 0 Å². The molecule has 0 atom stereocenters. The minimum atomic E-state index is -0.322. The molecule has 2 amide bonds. The zero-order valence-corrected chi connectivity index (χ0v) is 14.9. The Labute approximate surface area is 151 Å². The lowest BCUT2D eigenvalue weighted by Crippen LogP contribution is -2.19. The molecule has 0 spiro atoms. The number of likely N-dealkylation sites (N-methyl/N-ethyl adjacent to an activating group) is 1. The van der Waals surface area contributed by atoms with Crippen LogP contribution in [0.1, 0.15) is 21.7 Å². The molecule has 1 heterocycles. The molecule has 0 aliphatic carbocycles. The van der Waals surface area contributed by atoms with E-state index in [0.717, 1.165) is 16.5 Å². The quantitative estimate of drug-likeness (QED) is 0.738. The molecular weight excluding hydrogens is 332 g/mol. The van der Waals surface area contributed by atoms with Crippen LogP contribution in [-0.4, -0.2) is 26.0 Å². The van der Waals surface area contributed by atoms with Gasteiger partial charge in [-0.3, -0.25) is 9.59 Å². The number of nitrogens with one attached hydrogen (secondary N) is 2. The summed E-state index contributed by atoms with van der Waals surface area (Å²) >= 11 is 0. The number of furan rings is 1. The Bertz CT molecular complexity index is 958. The Balaban J connectivity index is 1.78. The number of hydrogen-bond acceptors (Lipinski definition) is 4. The van der Waals surface area contributed by atoms with Crippen LogP contribution in [0.25, 0.3) is 11.0 Å². The van der Waals surface area contributed by atoms with Crippen molar-refractivity contribution in [2.75, 3.05) is 19.5 Å². The van der Waals surface area contributed by atoms with Gasteiger partial charge in [-0.15, -0.1) is 0 Å². The fraction of sp³-hybridized carbons (Fsp3) is 0.200. The highest BCUT2D eigenvalue weighted by atomic mass is 16.5. The molecule has 0 fully saturated rings. The molecule has 0 saturated carbocycles. The summed E-state index contributed by atoms with van der Waals surface area (Å²) in [6.07, 6.45) is 0.301. The maximum absolute atomic E-state index is 12.6. The summed E-state index contributed by atoms with van der Waals surface area (Å²) in [4.78, 5) is 24.0. The molecule has 134 valence electrons. The number of ether oxygens (including phenoxy) is 1. The Morgan fingerprint density at radius 3 is 2.50 bits per heavy atom. The van der Waals surface area contributed by atoms with E-state index in [0.29, 0.717) is 23.4 Å². The summed E-state index contributed by atoms with van der Waals surface area (Å²) < 4.78 is 10.9. The van der Waals surface area contributed by atoms with E-state index in [-0.39, 0.29) is 17.6 Å². The van der Waals surface area contributed by atoms with Gasteiger partial charge in [0.1, 0.15) is 11.3 Å². The van der Waals surface area contributed by atoms with Crippen LogP contribution in [0.3, 0.4) is 0 Å².